The number of likely N-dealkylation sites (N-methyl/N-ethyl adjacent to an activating group) is 1. The summed E-state index contributed by atoms with van der Waals surface area (Å²) in [4.78, 5) is 37.3. The van der Waals surface area contributed by atoms with Crippen LogP contribution in [0.5, 0.6) is 0 Å². The van der Waals surface area contributed by atoms with Crippen LogP contribution >= 0.6 is 0 Å². The smallest absolute Gasteiger partial charge is 0.257 e. The first-order valence-corrected chi connectivity index (χ1v) is 11.2. The quantitative estimate of drug-likeness (QED) is 0.686. The van der Waals surface area contributed by atoms with Crippen LogP contribution in [0.15, 0.2) is 36.5 Å². The van der Waals surface area contributed by atoms with E-state index in [1.165, 1.54) is 0 Å². The maximum absolute atomic E-state index is 13.5. The maximum Gasteiger partial charge on any atom is 0.257 e. The van der Waals surface area contributed by atoms with Crippen LogP contribution in [-0.4, -0.2) is 88.0 Å². The van der Waals surface area contributed by atoms with E-state index in [1.54, 1.807) is 6.20 Å². The van der Waals surface area contributed by atoms with Gasteiger partial charge in [-0.2, -0.15) is 5.10 Å². The van der Waals surface area contributed by atoms with Gasteiger partial charge in [-0.25, -0.2) is 0 Å². The number of benzene rings is 1. The van der Waals surface area contributed by atoms with Gasteiger partial charge in [-0.1, -0.05) is 18.2 Å². The number of carbonyl (C=O) groups is 2. The van der Waals surface area contributed by atoms with Crippen molar-refractivity contribution in [1.29, 1.82) is 0 Å². The van der Waals surface area contributed by atoms with Crippen molar-refractivity contribution in [2.45, 2.75) is 19.3 Å². The topological polar surface area (TPSA) is 85.4 Å². The van der Waals surface area contributed by atoms with Crippen molar-refractivity contribution in [2.24, 2.45) is 0 Å². The molecule has 3 aromatic rings. The molecule has 0 radical (unpaired) electrons. The molecule has 2 fully saturated rings. The van der Waals surface area contributed by atoms with Gasteiger partial charge in [0.2, 0.25) is 0 Å². The highest BCUT2D eigenvalue weighted by Gasteiger charge is 2.31. The highest BCUT2D eigenvalue weighted by Crippen LogP contribution is 2.31. The molecule has 1 aromatic carbocycles. The Balaban J connectivity index is 1.43. The van der Waals surface area contributed by atoms with E-state index in [0.29, 0.717) is 24.2 Å². The van der Waals surface area contributed by atoms with Gasteiger partial charge in [-0.15, -0.1) is 0 Å². The molecule has 1 atom stereocenters. The second kappa shape index (κ2) is 8.35. The van der Waals surface area contributed by atoms with Gasteiger partial charge in [0.15, 0.2) is 0 Å². The van der Waals surface area contributed by atoms with Gasteiger partial charge in [-0.05, 0) is 32.5 Å². The SMILES string of the molecule is Cc1[nH]ncc1C(=O)N1CC[C@H](c2cc(C(=O)N3CCN(C)CC3)c3ccccc3n2)C1. The minimum atomic E-state index is -0.00623. The van der Waals surface area contributed by atoms with Crippen LogP contribution in [0, 0.1) is 6.92 Å². The molecule has 0 unspecified atom stereocenters. The number of aromatic amines is 1. The van der Waals surface area contributed by atoms with Gasteiger partial charge < -0.3 is 14.7 Å². The Morgan fingerprint density at radius 2 is 1.75 bits per heavy atom. The van der Waals surface area contributed by atoms with E-state index in [4.69, 9.17) is 4.98 Å². The fraction of sp³-hybridized carbons (Fsp3) is 0.417. The number of pyridine rings is 1. The van der Waals surface area contributed by atoms with Crippen molar-refractivity contribution in [3.63, 3.8) is 0 Å². The summed E-state index contributed by atoms with van der Waals surface area (Å²) in [5.41, 5.74) is 3.83. The number of carbonyl (C=O) groups excluding carboxylic acids is 2. The second-order valence-corrected chi connectivity index (χ2v) is 8.85. The number of aromatic nitrogens is 3. The molecule has 2 aromatic heterocycles. The van der Waals surface area contributed by atoms with Crippen molar-refractivity contribution in [1.82, 2.24) is 29.9 Å². The molecule has 0 bridgehead atoms. The third kappa shape index (κ3) is 3.75. The lowest BCUT2D eigenvalue weighted by Crippen LogP contribution is -2.47. The van der Waals surface area contributed by atoms with Crippen LogP contribution in [0.1, 0.15) is 44.4 Å². The Morgan fingerprint density at radius 1 is 1.00 bits per heavy atom. The van der Waals surface area contributed by atoms with Crippen molar-refractivity contribution in [2.75, 3.05) is 46.3 Å². The first-order valence-electron chi connectivity index (χ1n) is 11.2. The summed E-state index contributed by atoms with van der Waals surface area (Å²) < 4.78 is 0. The zero-order valence-electron chi connectivity index (χ0n) is 18.5. The van der Waals surface area contributed by atoms with Crippen LogP contribution < -0.4 is 0 Å². The number of para-hydroxylation sites is 1. The lowest BCUT2D eigenvalue weighted by atomic mass is 9.98. The third-order valence-corrected chi connectivity index (χ3v) is 6.71. The fourth-order valence-corrected chi connectivity index (χ4v) is 4.68. The number of H-pyrrole nitrogens is 1. The molecular formula is C24H28N6O2. The molecule has 0 saturated carbocycles. The van der Waals surface area contributed by atoms with Crippen molar-refractivity contribution in [3.05, 3.63) is 59.0 Å². The molecule has 2 saturated heterocycles. The first-order chi connectivity index (χ1) is 15.5. The number of fused-ring (bicyclic) bond motifs is 1. The van der Waals surface area contributed by atoms with Crippen LogP contribution in [0.3, 0.4) is 0 Å². The van der Waals surface area contributed by atoms with E-state index in [0.717, 1.165) is 54.9 Å². The number of hydrogen-bond acceptors (Lipinski definition) is 5. The summed E-state index contributed by atoms with van der Waals surface area (Å²) in [5, 5.41) is 7.70. The Morgan fingerprint density at radius 3 is 2.50 bits per heavy atom. The predicted molar refractivity (Wildman–Crippen MR) is 122 cm³/mol. The minimum Gasteiger partial charge on any atom is -0.338 e. The van der Waals surface area contributed by atoms with E-state index in [2.05, 4.69) is 22.1 Å². The van der Waals surface area contributed by atoms with E-state index < -0.39 is 0 Å². The molecule has 1 N–H and O–H groups in total. The summed E-state index contributed by atoms with van der Waals surface area (Å²) in [6, 6.07) is 9.81. The summed E-state index contributed by atoms with van der Waals surface area (Å²) in [5.74, 6) is 0.168. The summed E-state index contributed by atoms with van der Waals surface area (Å²) in [6.45, 7) is 6.36. The average molecular weight is 433 g/mol. The number of aryl methyl sites for hydroxylation is 1. The monoisotopic (exact) mass is 432 g/mol. The van der Waals surface area contributed by atoms with Crippen molar-refractivity contribution >= 4 is 22.7 Å². The fourth-order valence-electron chi connectivity index (χ4n) is 4.68. The molecule has 0 aliphatic carbocycles. The van der Waals surface area contributed by atoms with Crippen molar-refractivity contribution in [3.8, 4) is 0 Å². The molecule has 2 aliphatic heterocycles. The standard InChI is InChI=1S/C24H28N6O2/c1-16-20(14-25-27-16)24(32)30-8-7-17(15-30)22-13-19(18-5-3-4-6-21(18)26-22)23(31)29-11-9-28(2)10-12-29/h3-6,13-14,17H,7-12,15H2,1-2H3,(H,25,27)/t17-/m0/s1. The second-order valence-electron chi connectivity index (χ2n) is 8.85. The highest BCUT2D eigenvalue weighted by atomic mass is 16.2. The van der Waals surface area contributed by atoms with Gasteiger partial charge in [0, 0.05) is 62.0 Å². The maximum atomic E-state index is 13.5. The average Bonchev–Trinajstić information content (AvgIpc) is 3.47. The molecule has 166 valence electrons. The largest absolute Gasteiger partial charge is 0.338 e. The molecule has 32 heavy (non-hydrogen) atoms. The number of amides is 2. The summed E-state index contributed by atoms with van der Waals surface area (Å²) in [7, 11) is 2.08. The molecule has 4 heterocycles. The third-order valence-electron chi connectivity index (χ3n) is 6.71. The van der Waals surface area contributed by atoms with E-state index in [9.17, 15) is 9.59 Å². The van der Waals surface area contributed by atoms with Gasteiger partial charge in [0.1, 0.15) is 0 Å². The van der Waals surface area contributed by atoms with Crippen LogP contribution in [0.25, 0.3) is 10.9 Å². The van der Waals surface area contributed by atoms with Crippen molar-refractivity contribution < 1.29 is 9.59 Å². The van der Waals surface area contributed by atoms with Gasteiger partial charge >= 0.3 is 0 Å². The summed E-state index contributed by atoms with van der Waals surface area (Å²) >= 11 is 0. The number of hydrogen-bond donors (Lipinski definition) is 1. The Hall–Kier alpha value is -3.26. The number of likely N-dealkylation sites (tertiary alicyclic amines) is 1. The molecule has 8 nitrogen and oxygen atoms in total. The van der Waals surface area contributed by atoms with E-state index in [1.807, 2.05) is 47.1 Å². The number of nitrogens with zero attached hydrogens (tertiary/aromatic N) is 5. The van der Waals surface area contributed by atoms with Crippen LogP contribution in [-0.2, 0) is 0 Å². The molecule has 2 aliphatic rings. The lowest BCUT2D eigenvalue weighted by molar-refractivity contribution is 0.0665. The Kier molecular flexibility index (Phi) is 5.38. The molecule has 5 rings (SSSR count). The van der Waals surface area contributed by atoms with Gasteiger partial charge in [0.25, 0.3) is 11.8 Å². The van der Waals surface area contributed by atoms with Crippen LogP contribution in [0.4, 0.5) is 0 Å². The lowest BCUT2D eigenvalue weighted by Gasteiger charge is -2.32. The molecule has 0 spiro atoms. The van der Waals surface area contributed by atoms with Crippen LogP contribution in [0.2, 0.25) is 0 Å². The van der Waals surface area contributed by atoms with E-state index >= 15 is 0 Å². The van der Waals surface area contributed by atoms with Gasteiger partial charge in [-0.3, -0.25) is 19.7 Å². The Bertz CT molecular complexity index is 1160. The zero-order chi connectivity index (χ0) is 22.2. The number of nitrogens with one attached hydrogen (secondary N) is 1. The highest BCUT2D eigenvalue weighted by molar-refractivity contribution is 6.06. The Labute approximate surface area is 187 Å². The minimum absolute atomic E-state index is 0.00623. The zero-order valence-corrected chi connectivity index (χ0v) is 18.5. The van der Waals surface area contributed by atoms with E-state index in [-0.39, 0.29) is 17.7 Å². The molecule has 8 heteroatoms. The molecular weight excluding hydrogens is 404 g/mol. The van der Waals surface area contributed by atoms with Gasteiger partial charge in [0.05, 0.1) is 22.8 Å². The predicted octanol–water partition coefficient (Wildman–Crippen LogP) is 2.28. The first kappa shape index (κ1) is 20.6. The number of piperazine rings is 1. The normalized spacial score (nSPS) is 19.6. The summed E-state index contributed by atoms with van der Waals surface area (Å²) in [6.07, 6.45) is 2.42. The number of rotatable bonds is 3. The molecule has 2 amide bonds.